The van der Waals surface area contributed by atoms with E-state index in [-0.39, 0.29) is 22.1 Å². The van der Waals surface area contributed by atoms with Crippen LogP contribution in [0.25, 0.3) is 0 Å². The van der Waals surface area contributed by atoms with Crippen molar-refractivity contribution in [3.8, 4) is 5.75 Å². The summed E-state index contributed by atoms with van der Waals surface area (Å²) < 4.78 is 46.2. The average Bonchev–Trinajstić information content (AvgIpc) is 2.62. The first-order chi connectivity index (χ1) is 13.4. The van der Waals surface area contributed by atoms with E-state index in [9.17, 15) is 22.6 Å². The molecular formula is C19H17I2O7S-. The molecule has 156 valence electrons. The average molecular weight is 643 g/mol. The molecule has 2 aromatic carbocycles. The molecule has 0 aliphatic rings. The van der Waals surface area contributed by atoms with Crippen molar-refractivity contribution in [3.05, 3.63) is 54.2 Å². The van der Waals surface area contributed by atoms with E-state index in [2.05, 4.69) is 22.6 Å². The minimum absolute atomic E-state index is 0.103. The van der Waals surface area contributed by atoms with Crippen LogP contribution in [0.4, 0.5) is 0 Å². The standard InChI is InChI=1S/C19H18I2O7S/c1-10(2)13-8-16(11(3)6-17(13)29(24,25)26)28-18(22)9-27-19(23)14-7-12(20)4-5-15(14)21/h4-8,10H,9H2,1-3H3,(H,24,25,26)/p-1. The van der Waals surface area contributed by atoms with Crippen molar-refractivity contribution in [2.45, 2.75) is 31.6 Å². The van der Waals surface area contributed by atoms with E-state index in [4.69, 9.17) is 9.47 Å². The highest BCUT2D eigenvalue weighted by molar-refractivity contribution is 14.1. The maximum atomic E-state index is 12.2. The third-order valence-electron chi connectivity index (χ3n) is 3.89. The summed E-state index contributed by atoms with van der Waals surface area (Å²) in [7, 11) is -4.67. The number of carbonyl (C=O) groups is 2. The zero-order valence-electron chi connectivity index (χ0n) is 15.7. The quantitative estimate of drug-likeness (QED) is 0.203. The van der Waals surface area contributed by atoms with Crippen LogP contribution < -0.4 is 4.74 Å². The smallest absolute Gasteiger partial charge is 0.349 e. The monoisotopic (exact) mass is 643 g/mol. The van der Waals surface area contributed by atoms with Crippen molar-refractivity contribution in [1.29, 1.82) is 0 Å². The molecule has 0 amide bonds. The first-order valence-corrected chi connectivity index (χ1v) is 11.9. The minimum Gasteiger partial charge on any atom is -0.744 e. The van der Waals surface area contributed by atoms with Crippen LogP contribution in [0.1, 0.15) is 41.3 Å². The number of esters is 2. The summed E-state index contributed by atoms with van der Waals surface area (Å²) in [6.07, 6.45) is 0. The molecule has 0 bridgehead atoms. The zero-order chi connectivity index (χ0) is 21.9. The topological polar surface area (TPSA) is 110 Å². The predicted octanol–water partition coefficient (Wildman–Crippen LogP) is 3.99. The highest BCUT2D eigenvalue weighted by Gasteiger charge is 2.19. The van der Waals surface area contributed by atoms with Gasteiger partial charge in [0.2, 0.25) is 0 Å². The lowest BCUT2D eigenvalue weighted by molar-refractivity contribution is -0.137. The van der Waals surface area contributed by atoms with Crippen molar-refractivity contribution >= 4 is 67.2 Å². The molecule has 0 saturated carbocycles. The van der Waals surface area contributed by atoms with Gasteiger partial charge in [-0.1, -0.05) is 13.8 Å². The van der Waals surface area contributed by atoms with Crippen molar-refractivity contribution in [2.75, 3.05) is 6.61 Å². The zero-order valence-corrected chi connectivity index (χ0v) is 20.8. The number of hydrogen-bond acceptors (Lipinski definition) is 7. The van der Waals surface area contributed by atoms with Crippen LogP contribution in [0.15, 0.2) is 35.2 Å². The second-order valence-electron chi connectivity index (χ2n) is 6.44. The predicted molar refractivity (Wildman–Crippen MR) is 121 cm³/mol. The third-order valence-corrected chi connectivity index (χ3v) is 6.40. The Morgan fingerprint density at radius 1 is 1.14 bits per heavy atom. The maximum Gasteiger partial charge on any atom is 0.349 e. The van der Waals surface area contributed by atoms with Crippen LogP contribution in [0, 0.1) is 14.1 Å². The van der Waals surface area contributed by atoms with E-state index >= 15 is 0 Å². The Balaban J connectivity index is 2.15. The molecular weight excluding hydrogens is 626 g/mol. The van der Waals surface area contributed by atoms with Gasteiger partial charge in [0.05, 0.1) is 10.5 Å². The lowest BCUT2D eigenvalue weighted by atomic mass is 10.0. The molecule has 0 atom stereocenters. The third kappa shape index (κ3) is 6.36. The van der Waals surface area contributed by atoms with Gasteiger partial charge in [0.15, 0.2) is 6.61 Å². The Morgan fingerprint density at radius 3 is 2.38 bits per heavy atom. The van der Waals surface area contributed by atoms with Crippen LogP contribution in [0.3, 0.4) is 0 Å². The van der Waals surface area contributed by atoms with E-state index in [0.717, 1.165) is 3.57 Å². The molecule has 10 heteroatoms. The largest absolute Gasteiger partial charge is 0.744 e. The minimum atomic E-state index is -4.67. The summed E-state index contributed by atoms with van der Waals surface area (Å²) in [5, 5.41) is 0. The van der Waals surface area contributed by atoms with Crippen LogP contribution in [-0.4, -0.2) is 31.5 Å². The van der Waals surface area contributed by atoms with Crippen molar-refractivity contribution in [1.82, 2.24) is 0 Å². The van der Waals surface area contributed by atoms with Gasteiger partial charge in [-0.25, -0.2) is 18.0 Å². The number of aryl methyl sites for hydroxylation is 1. The molecule has 2 aromatic rings. The van der Waals surface area contributed by atoms with Gasteiger partial charge in [-0.2, -0.15) is 0 Å². The Labute approximate surface area is 196 Å². The van der Waals surface area contributed by atoms with Gasteiger partial charge in [0.25, 0.3) is 0 Å². The number of ether oxygens (including phenoxy) is 2. The lowest BCUT2D eigenvalue weighted by Gasteiger charge is -2.18. The summed E-state index contributed by atoms with van der Waals surface area (Å²) in [6.45, 7) is 4.34. The molecule has 0 aromatic heterocycles. The lowest BCUT2D eigenvalue weighted by Crippen LogP contribution is -2.20. The Hall–Kier alpha value is -1.25. The number of benzene rings is 2. The molecule has 0 N–H and O–H groups in total. The van der Waals surface area contributed by atoms with Gasteiger partial charge in [-0.3, -0.25) is 0 Å². The molecule has 0 unspecified atom stereocenters. The Bertz CT molecular complexity index is 1060. The van der Waals surface area contributed by atoms with Crippen molar-refractivity contribution in [2.24, 2.45) is 0 Å². The molecule has 0 spiro atoms. The SMILES string of the molecule is Cc1cc(S(=O)(=O)[O-])c(C(C)C)cc1OC(=O)COC(=O)c1cc(I)ccc1I. The number of halogens is 2. The molecule has 29 heavy (non-hydrogen) atoms. The molecule has 0 aliphatic carbocycles. The molecule has 0 heterocycles. The van der Waals surface area contributed by atoms with Gasteiger partial charge in [-0.05, 0) is 99.5 Å². The van der Waals surface area contributed by atoms with Gasteiger partial charge in [0.1, 0.15) is 15.9 Å². The summed E-state index contributed by atoms with van der Waals surface area (Å²) in [5.74, 6) is -1.66. The fourth-order valence-corrected chi connectivity index (χ4v) is 4.41. The second-order valence-corrected chi connectivity index (χ2v) is 10.2. The van der Waals surface area contributed by atoms with E-state index in [1.807, 2.05) is 28.7 Å². The fourth-order valence-electron chi connectivity index (χ4n) is 2.46. The van der Waals surface area contributed by atoms with Crippen molar-refractivity contribution in [3.63, 3.8) is 0 Å². The number of carbonyl (C=O) groups excluding carboxylic acids is 2. The molecule has 0 saturated heterocycles. The molecule has 0 radical (unpaired) electrons. The second kappa shape index (κ2) is 9.71. The van der Waals surface area contributed by atoms with Gasteiger partial charge in [-0.15, -0.1) is 0 Å². The van der Waals surface area contributed by atoms with Crippen LogP contribution >= 0.6 is 45.2 Å². The molecule has 0 fully saturated rings. The summed E-state index contributed by atoms with van der Waals surface area (Å²) in [5.41, 5.74) is 0.892. The fraction of sp³-hybridized carbons (Fsp3) is 0.263. The Kier molecular flexibility index (Phi) is 8.04. The van der Waals surface area contributed by atoms with Gasteiger partial charge in [0, 0.05) is 7.14 Å². The first kappa shape index (κ1) is 24.0. The van der Waals surface area contributed by atoms with Gasteiger partial charge >= 0.3 is 11.9 Å². The highest BCUT2D eigenvalue weighted by Crippen LogP contribution is 2.31. The van der Waals surface area contributed by atoms with E-state index < -0.39 is 28.7 Å². The molecule has 2 rings (SSSR count). The Morgan fingerprint density at radius 2 is 1.79 bits per heavy atom. The van der Waals surface area contributed by atoms with Crippen LogP contribution in [0.5, 0.6) is 5.75 Å². The highest BCUT2D eigenvalue weighted by atomic mass is 127. The summed E-state index contributed by atoms with van der Waals surface area (Å²) in [4.78, 5) is 24.0. The maximum absolute atomic E-state index is 12.2. The van der Waals surface area contributed by atoms with Crippen molar-refractivity contribution < 1.29 is 32.0 Å². The van der Waals surface area contributed by atoms with E-state index in [1.165, 1.54) is 19.1 Å². The van der Waals surface area contributed by atoms with E-state index in [0.29, 0.717) is 14.7 Å². The van der Waals surface area contributed by atoms with Gasteiger partial charge < -0.3 is 14.0 Å². The number of rotatable bonds is 6. The first-order valence-electron chi connectivity index (χ1n) is 8.33. The van der Waals surface area contributed by atoms with Crippen LogP contribution in [0.2, 0.25) is 0 Å². The summed E-state index contributed by atoms with van der Waals surface area (Å²) >= 11 is 4.06. The van der Waals surface area contributed by atoms with Crippen LogP contribution in [-0.2, 0) is 19.6 Å². The molecule has 0 aliphatic heterocycles. The number of hydrogen-bond donors (Lipinski definition) is 0. The molecule has 7 nitrogen and oxygen atoms in total. The van der Waals surface area contributed by atoms with E-state index in [1.54, 1.807) is 26.0 Å². The summed E-state index contributed by atoms with van der Waals surface area (Å²) in [6, 6.07) is 7.79. The normalized spacial score (nSPS) is 11.4.